The summed E-state index contributed by atoms with van der Waals surface area (Å²) in [4.78, 5) is 28.2. The van der Waals surface area contributed by atoms with Crippen LogP contribution in [0.2, 0.25) is 0 Å². The van der Waals surface area contributed by atoms with E-state index in [0.29, 0.717) is 5.69 Å². The normalized spacial score (nSPS) is 17.0. The van der Waals surface area contributed by atoms with Gasteiger partial charge in [-0.2, -0.15) is 13.2 Å². The van der Waals surface area contributed by atoms with E-state index in [1.807, 2.05) is 31.1 Å². The van der Waals surface area contributed by atoms with Crippen molar-refractivity contribution in [3.8, 4) is 0 Å². The maximum Gasteiger partial charge on any atom is 0.418 e. The van der Waals surface area contributed by atoms with Gasteiger partial charge in [0, 0.05) is 38.4 Å². The Balaban J connectivity index is 1.73. The lowest BCUT2D eigenvalue weighted by Gasteiger charge is -2.19. The van der Waals surface area contributed by atoms with Crippen LogP contribution in [-0.4, -0.2) is 32.5 Å². The average molecular weight is 391 g/mol. The molecule has 148 valence electrons. The van der Waals surface area contributed by atoms with Crippen molar-refractivity contribution >= 4 is 28.9 Å². The highest BCUT2D eigenvalue weighted by molar-refractivity contribution is 6.03. The molecule has 0 spiro atoms. The Bertz CT molecular complexity index is 879. The molecule has 1 atom stereocenters. The minimum atomic E-state index is -4.57. The third kappa shape index (κ3) is 4.11. The number of carbonyl (C=O) groups excluding carboxylic acids is 2. The summed E-state index contributed by atoms with van der Waals surface area (Å²) in [6, 6.07) is 12.1. The standard InChI is InChI=1S/C20H20F3N3O2/c1-25(2)14-7-9-15(10-8-14)26-12-13(11-18(26)27)19(28)24-17-6-4-3-5-16(17)20(21,22)23/h3-10,13H,11-12H2,1-2H3,(H,24,28). The van der Waals surface area contributed by atoms with Gasteiger partial charge in [-0.05, 0) is 36.4 Å². The smallest absolute Gasteiger partial charge is 0.378 e. The van der Waals surface area contributed by atoms with Crippen molar-refractivity contribution in [2.45, 2.75) is 12.6 Å². The third-order valence-corrected chi connectivity index (χ3v) is 4.66. The van der Waals surface area contributed by atoms with Gasteiger partial charge in [0.15, 0.2) is 0 Å². The summed E-state index contributed by atoms with van der Waals surface area (Å²) in [5.74, 6) is -1.55. The minimum Gasteiger partial charge on any atom is -0.378 e. The zero-order valence-electron chi connectivity index (χ0n) is 15.5. The van der Waals surface area contributed by atoms with Crippen LogP contribution in [-0.2, 0) is 15.8 Å². The average Bonchev–Trinajstić information content (AvgIpc) is 3.03. The molecule has 1 aliphatic heterocycles. The van der Waals surface area contributed by atoms with Crippen molar-refractivity contribution in [3.05, 3.63) is 54.1 Å². The molecule has 28 heavy (non-hydrogen) atoms. The van der Waals surface area contributed by atoms with Gasteiger partial charge < -0.3 is 15.1 Å². The summed E-state index contributed by atoms with van der Waals surface area (Å²) in [7, 11) is 3.80. The number of halogens is 3. The molecule has 0 bridgehead atoms. The quantitative estimate of drug-likeness (QED) is 0.864. The SMILES string of the molecule is CN(C)c1ccc(N2CC(C(=O)Nc3ccccc3C(F)(F)F)CC2=O)cc1. The molecule has 8 heteroatoms. The minimum absolute atomic E-state index is 0.0462. The van der Waals surface area contributed by atoms with Crippen LogP contribution in [0.4, 0.5) is 30.2 Å². The number of rotatable bonds is 4. The van der Waals surface area contributed by atoms with Crippen LogP contribution in [0.3, 0.4) is 0 Å². The third-order valence-electron chi connectivity index (χ3n) is 4.66. The van der Waals surface area contributed by atoms with E-state index in [9.17, 15) is 22.8 Å². The van der Waals surface area contributed by atoms with Crippen molar-refractivity contribution in [1.82, 2.24) is 0 Å². The van der Waals surface area contributed by atoms with E-state index in [2.05, 4.69) is 5.32 Å². The van der Waals surface area contributed by atoms with Gasteiger partial charge in [0.05, 0.1) is 17.2 Å². The highest BCUT2D eigenvalue weighted by Crippen LogP contribution is 2.35. The Morgan fingerprint density at radius 2 is 1.75 bits per heavy atom. The first-order valence-corrected chi connectivity index (χ1v) is 8.71. The second-order valence-electron chi connectivity index (χ2n) is 6.85. The van der Waals surface area contributed by atoms with Crippen LogP contribution < -0.4 is 15.1 Å². The maximum atomic E-state index is 13.1. The molecule has 1 heterocycles. The summed E-state index contributed by atoms with van der Waals surface area (Å²) in [5.41, 5.74) is 0.403. The molecule has 2 aromatic carbocycles. The zero-order chi connectivity index (χ0) is 20.5. The number of nitrogens with one attached hydrogen (secondary N) is 1. The first-order chi connectivity index (χ1) is 13.2. The Labute approximate surface area is 160 Å². The van der Waals surface area contributed by atoms with Crippen LogP contribution in [0.15, 0.2) is 48.5 Å². The maximum absolute atomic E-state index is 13.1. The topological polar surface area (TPSA) is 52.6 Å². The van der Waals surface area contributed by atoms with Crippen molar-refractivity contribution in [1.29, 1.82) is 0 Å². The molecule has 1 unspecified atom stereocenters. The highest BCUT2D eigenvalue weighted by Gasteiger charge is 2.37. The fourth-order valence-corrected chi connectivity index (χ4v) is 3.14. The van der Waals surface area contributed by atoms with Gasteiger partial charge in [-0.15, -0.1) is 0 Å². The van der Waals surface area contributed by atoms with Gasteiger partial charge >= 0.3 is 6.18 Å². The fraction of sp³-hybridized carbons (Fsp3) is 0.300. The van der Waals surface area contributed by atoms with Crippen molar-refractivity contribution in [2.24, 2.45) is 5.92 Å². The van der Waals surface area contributed by atoms with Gasteiger partial charge in [-0.25, -0.2) is 0 Å². The van der Waals surface area contributed by atoms with Crippen molar-refractivity contribution < 1.29 is 22.8 Å². The van der Waals surface area contributed by atoms with Crippen LogP contribution in [0.1, 0.15) is 12.0 Å². The van der Waals surface area contributed by atoms with Crippen LogP contribution in [0.25, 0.3) is 0 Å². The number of carbonyl (C=O) groups is 2. The summed E-state index contributed by atoms with van der Waals surface area (Å²) < 4.78 is 39.3. The van der Waals surface area contributed by atoms with E-state index in [-0.39, 0.29) is 24.6 Å². The number of alkyl halides is 3. The first-order valence-electron chi connectivity index (χ1n) is 8.71. The van der Waals surface area contributed by atoms with E-state index < -0.39 is 23.6 Å². The van der Waals surface area contributed by atoms with Gasteiger partial charge in [0.2, 0.25) is 11.8 Å². The molecule has 3 rings (SSSR count). The van der Waals surface area contributed by atoms with Crippen LogP contribution in [0.5, 0.6) is 0 Å². The molecule has 1 fully saturated rings. The van der Waals surface area contributed by atoms with Crippen LogP contribution in [0, 0.1) is 5.92 Å². The Kier molecular flexibility index (Phi) is 5.31. The van der Waals surface area contributed by atoms with Gasteiger partial charge in [-0.1, -0.05) is 12.1 Å². The van der Waals surface area contributed by atoms with E-state index in [1.54, 1.807) is 12.1 Å². The molecule has 2 aromatic rings. The molecule has 0 saturated carbocycles. The zero-order valence-corrected chi connectivity index (χ0v) is 15.5. The Morgan fingerprint density at radius 3 is 2.36 bits per heavy atom. The summed E-state index contributed by atoms with van der Waals surface area (Å²) in [5, 5.41) is 2.33. The lowest BCUT2D eigenvalue weighted by atomic mass is 10.1. The molecule has 1 N–H and O–H groups in total. The number of anilines is 3. The number of nitrogens with zero attached hydrogens (tertiary/aromatic N) is 2. The number of hydrogen-bond donors (Lipinski definition) is 1. The molecule has 1 aliphatic rings. The second kappa shape index (κ2) is 7.53. The lowest BCUT2D eigenvalue weighted by molar-refractivity contribution is -0.137. The molecule has 0 aromatic heterocycles. The van der Waals surface area contributed by atoms with Gasteiger partial charge in [0.1, 0.15) is 0 Å². The number of para-hydroxylation sites is 1. The monoisotopic (exact) mass is 391 g/mol. The summed E-state index contributed by atoms with van der Waals surface area (Å²) in [6.45, 7) is 0.125. The van der Waals surface area contributed by atoms with Gasteiger partial charge in [0.25, 0.3) is 0 Å². The lowest BCUT2D eigenvalue weighted by Crippen LogP contribution is -2.28. The molecule has 5 nitrogen and oxygen atoms in total. The fourth-order valence-electron chi connectivity index (χ4n) is 3.14. The van der Waals surface area contributed by atoms with Crippen molar-refractivity contribution in [2.75, 3.05) is 35.8 Å². The number of benzene rings is 2. The molecule has 0 radical (unpaired) electrons. The largest absolute Gasteiger partial charge is 0.418 e. The number of amides is 2. The second-order valence-corrected chi connectivity index (χ2v) is 6.85. The van der Waals surface area contributed by atoms with Crippen molar-refractivity contribution in [3.63, 3.8) is 0 Å². The van der Waals surface area contributed by atoms with Gasteiger partial charge in [-0.3, -0.25) is 9.59 Å². The van der Waals surface area contributed by atoms with E-state index in [1.165, 1.54) is 23.1 Å². The summed E-state index contributed by atoms with van der Waals surface area (Å²) >= 11 is 0. The Hall–Kier alpha value is -3.03. The Morgan fingerprint density at radius 1 is 1.11 bits per heavy atom. The van der Waals surface area contributed by atoms with E-state index in [0.717, 1.165) is 11.8 Å². The molecular weight excluding hydrogens is 371 g/mol. The van der Waals surface area contributed by atoms with Crippen LogP contribution >= 0.6 is 0 Å². The first kappa shape index (κ1) is 19.7. The molecular formula is C20H20F3N3O2. The van der Waals surface area contributed by atoms with E-state index in [4.69, 9.17) is 0 Å². The predicted molar refractivity (Wildman–Crippen MR) is 101 cm³/mol. The molecule has 2 amide bonds. The summed E-state index contributed by atoms with van der Waals surface area (Å²) in [6.07, 6.45) is -4.62. The number of hydrogen-bond acceptors (Lipinski definition) is 3. The predicted octanol–water partition coefficient (Wildman–Crippen LogP) is 3.76. The van der Waals surface area contributed by atoms with E-state index >= 15 is 0 Å². The highest BCUT2D eigenvalue weighted by atomic mass is 19.4. The molecule has 0 aliphatic carbocycles. The molecule has 1 saturated heterocycles.